The van der Waals surface area contributed by atoms with Crippen LogP contribution in [-0.4, -0.2) is 23.4 Å². The van der Waals surface area contributed by atoms with Crippen LogP contribution < -0.4 is 5.73 Å². The van der Waals surface area contributed by atoms with E-state index in [4.69, 9.17) is 10.7 Å². The summed E-state index contributed by atoms with van der Waals surface area (Å²) >= 11 is 0. The average Bonchev–Trinajstić information content (AvgIpc) is 2.45. The van der Waals surface area contributed by atoms with Crippen molar-refractivity contribution in [3.63, 3.8) is 0 Å². The first-order valence-corrected chi connectivity index (χ1v) is 9.17. The van der Waals surface area contributed by atoms with Gasteiger partial charge < -0.3 is 10.8 Å². The summed E-state index contributed by atoms with van der Waals surface area (Å²) in [4.78, 5) is 4.73. The van der Waals surface area contributed by atoms with E-state index in [1.807, 2.05) is 6.21 Å². The molecule has 134 valence electrons. The molecule has 1 unspecified atom stereocenters. The van der Waals surface area contributed by atoms with Crippen LogP contribution in [0, 0.1) is 0 Å². The van der Waals surface area contributed by atoms with Gasteiger partial charge in [-0.15, -0.1) is 0 Å². The van der Waals surface area contributed by atoms with Gasteiger partial charge in [-0.1, -0.05) is 60.5 Å². The topological polar surface area (TPSA) is 58.6 Å². The van der Waals surface area contributed by atoms with Crippen LogP contribution in [0.15, 0.2) is 17.1 Å². The molecule has 1 aliphatic rings. The van der Waals surface area contributed by atoms with Crippen LogP contribution >= 0.6 is 0 Å². The molecule has 0 bridgehead atoms. The van der Waals surface area contributed by atoms with Crippen molar-refractivity contribution in [2.75, 3.05) is 0 Å². The summed E-state index contributed by atoms with van der Waals surface area (Å²) in [7, 11) is 0. The zero-order chi connectivity index (χ0) is 18.1. The normalized spacial score (nSPS) is 23.0. The molecule has 1 fully saturated rings. The van der Waals surface area contributed by atoms with E-state index in [0.717, 1.165) is 24.0 Å². The second-order valence-electron chi connectivity index (χ2n) is 9.26. The third-order valence-electron chi connectivity index (χ3n) is 5.00. The third kappa shape index (κ3) is 4.38. The fourth-order valence-corrected chi connectivity index (χ4v) is 3.26. The average molecular weight is 331 g/mol. The van der Waals surface area contributed by atoms with Crippen molar-refractivity contribution in [3.8, 4) is 5.75 Å². The molecule has 1 aliphatic carbocycles. The van der Waals surface area contributed by atoms with Gasteiger partial charge in [-0.25, -0.2) is 0 Å². The summed E-state index contributed by atoms with van der Waals surface area (Å²) in [5.41, 5.74) is 9.12. The molecule has 0 aromatic heterocycles. The second kappa shape index (κ2) is 6.87. The molecular formula is C21H34N2O. The first-order chi connectivity index (χ1) is 11.0. The first-order valence-electron chi connectivity index (χ1n) is 9.17. The van der Waals surface area contributed by atoms with E-state index in [9.17, 15) is 5.11 Å². The quantitative estimate of drug-likeness (QED) is 0.774. The van der Waals surface area contributed by atoms with Gasteiger partial charge in [0.15, 0.2) is 0 Å². The Bertz CT molecular complexity index is 605. The van der Waals surface area contributed by atoms with Crippen LogP contribution in [0.4, 0.5) is 0 Å². The standard InChI is InChI=1S/C21H34N2O/c1-20(2,3)15-11-14(19(24)16(12-15)21(4,5)6)13-23-18-10-8-7-9-17(18)22/h11-13,17-18,24H,7-10,22H2,1-6H3/t17?,18-/m0/s1. The third-order valence-corrected chi connectivity index (χ3v) is 5.00. The van der Waals surface area contributed by atoms with Crippen LogP contribution in [0.1, 0.15) is 83.9 Å². The van der Waals surface area contributed by atoms with Gasteiger partial charge in [-0.3, -0.25) is 4.99 Å². The van der Waals surface area contributed by atoms with E-state index in [2.05, 4.69) is 53.7 Å². The Morgan fingerprint density at radius 2 is 1.67 bits per heavy atom. The number of nitrogens with zero attached hydrogens (tertiary/aromatic N) is 1. The molecule has 24 heavy (non-hydrogen) atoms. The smallest absolute Gasteiger partial charge is 0.128 e. The maximum absolute atomic E-state index is 10.8. The maximum atomic E-state index is 10.8. The van der Waals surface area contributed by atoms with E-state index in [-0.39, 0.29) is 22.9 Å². The lowest BCUT2D eigenvalue weighted by Gasteiger charge is -2.27. The van der Waals surface area contributed by atoms with E-state index in [0.29, 0.717) is 5.75 Å². The van der Waals surface area contributed by atoms with Gasteiger partial charge in [0, 0.05) is 23.4 Å². The molecule has 3 heteroatoms. The minimum Gasteiger partial charge on any atom is -0.507 e. The van der Waals surface area contributed by atoms with Gasteiger partial charge in [0.1, 0.15) is 5.75 Å². The molecule has 1 aromatic rings. The summed E-state index contributed by atoms with van der Waals surface area (Å²) in [6.45, 7) is 13.0. The lowest BCUT2D eigenvalue weighted by Crippen LogP contribution is -2.36. The summed E-state index contributed by atoms with van der Waals surface area (Å²) in [5, 5.41) is 10.8. The van der Waals surface area contributed by atoms with Crippen LogP contribution in [-0.2, 0) is 10.8 Å². The predicted molar refractivity (Wildman–Crippen MR) is 103 cm³/mol. The van der Waals surface area contributed by atoms with E-state index < -0.39 is 0 Å². The zero-order valence-electron chi connectivity index (χ0n) is 16.2. The number of hydrogen-bond acceptors (Lipinski definition) is 3. The number of phenolic OH excluding ortho intramolecular Hbond substituents is 1. The summed E-state index contributed by atoms with van der Waals surface area (Å²) in [5.74, 6) is 0.351. The maximum Gasteiger partial charge on any atom is 0.128 e. The molecule has 2 atom stereocenters. The highest BCUT2D eigenvalue weighted by atomic mass is 16.3. The summed E-state index contributed by atoms with van der Waals surface area (Å²) < 4.78 is 0. The fraction of sp³-hybridized carbons (Fsp3) is 0.667. The molecule has 3 N–H and O–H groups in total. The van der Waals surface area contributed by atoms with Gasteiger partial charge >= 0.3 is 0 Å². The number of rotatable bonds is 2. The zero-order valence-corrected chi connectivity index (χ0v) is 16.2. The molecule has 0 heterocycles. The number of benzene rings is 1. The van der Waals surface area contributed by atoms with Crippen LogP contribution in [0.3, 0.4) is 0 Å². The van der Waals surface area contributed by atoms with Crippen molar-refractivity contribution in [2.45, 2.75) is 90.1 Å². The minimum atomic E-state index is -0.116. The van der Waals surface area contributed by atoms with E-state index in [1.54, 1.807) is 0 Å². The van der Waals surface area contributed by atoms with E-state index >= 15 is 0 Å². The highest BCUT2D eigenvalue weighted by molar-refractivity contribution is 5.85. The molecular weight excluding hydrogens is 296 g/mol. The van der Waals surface area contributed by atoms with Crippen LogP contribution in [0.25, 0.3) is 0 Å². The highest BCUT2D eigenvalue weighted by Gasteiger charge is 2.25. The Morgan fingerprint density at radius 1 is 1.04 bits per heavy atom. The van der Waals surface area contributed by atoms with Crippen molar-refractivity contribution in [1.29, 1.82) is 0 Å². The lowest BCUT2D eigenvalue weighted by molar-refractivity contribution is 0.387. The molecule has 0 amide bonds. The van der Waals surface area contributed by atoms with Crippen molar-refractivity contribution in [3.05, 3.63) is 28.8 Å². The number of aliphatic imine (C=N–C) groups is 1. The van der Waals surface area contributed by atoms with Crippen LogP contribution in [0.2, 0.25) is 0 Å². The van der Waals surface area contributed by atoms with Gasteiger partial charge in [0.25, 0.3) is 0 Å². The Balaban J connectivity index is 2.44. The monoisotopic (exact) mass is 330 g/mol. The number of hydrogen-bond donors (Lipinski definition) is 2. The predicted octanol–water partition coefficient (Wildman–Crippen LogP) is 4.68. The Hall–Kier alpha value is -1.35. The molecule has 2 rings (SSSR count). The largest absolute Gasteiger partial charge is 0.507 e. The van der Waals surface area contributed by atoms with Crippen molar-refractivity contribution in [1.82, 2.24) is 0 Å². The number of aromatic hydroxyl groups is 1. The molecule has 0 spiro atoms. The van der Waals surface area contributed by atoms with Gasteiger partial charge in [0.2, 0.25) is 0 Å². The molecule has 1 aromatic carbocycles. The minimum absolute atomic E-state index is 0.0253. The van der Waals surface area contributed by atoms with Crippen LogP contribution in [0.5, 0.6) is 5.75 Å². The Kier molecular flexibility index (Phi) is 5.44. The summed E-state index contributed by atoms with van der Waals surface area (Å²) in [6, 6.07) is 4.53. The molecule has 0 radical (unpaired) electrons. The molecule has 1 saturated carbocycles. The van der Waals surface area contributed by atoms with Gasteiger partial charge in [-0.05, 0) is 35.3 Å². The van der Waals surface area contributed by atoms with Gasteiger partial charge in [0.05, 0.1) is 6.04 Å². The molecule has 0 aliphatic heterocycles. The van der Waals surface area contributed by atoms with Crippen molar-refractivity contribution < 1.29 is 5.11 Å². The second-order valence-corrected chi connectivity index (χ2v) is 9.26. The van der Waals surface area contributed by atoms with Gasteiger partial charge in [-0.2, -0.15) is 0 Å². The SMILES string of the molecule is CC(C)(C)c1cc(C=N[C@H]2CCCCC2N)c(O)c(C(C)(C)C)c1. The van der Waals surface area contributed by atoms with Crippen molar-refractivity contribution >= 4 is 6.21 Å². The molecule has 0 saturated heterocycles. The van der Waals surface area contributed by atoms with Crippen molar-refractivity contribution in [2.24, 2.45) is 10.7 Å². The molecule has 3 nitrogen and oxygen atoms in total. The Morgan fingerprint density at radius 3 is 2.21 bits per heavy atom. The summed E-state index contributed by atoms with van der Waals surface area (Å²) in [6.07, 6.45) is 6.32. The highest BCUT2D eigenvalue weighted by Crippen LogP contribution is 2.37. The number of nitrogens with two attached hydrogens (primary N) is 1. The van der Waals surface area contributed by atoms with E-state index in [1.165, 1.54) is 18.4 Å². The fourth-order valence-electron chi connectivity index (χ4n) is 3.26. The number of phenols is 1. The lowest BCUT2D eigenvalue weighted by atomic mass is 9.79. The first kappa shape index (κ1) is 19.0. The Labute approximate surface area is 147 Å².